The van der Waals surface area contributed by atoms with Gasteiger partial charge in [0.1, 0.15) is 0 Å². The maximum Gasteiger partial charge on any atom is 0.251 e. The minimum absolute atomic E-state index is 0. The molecule has 2 rings (SSSR count). The van der Waals surface area contributed by atoms with Crippen LogP contribution in [0.3, 0.4) is 0 Å². The molecule has 0 radical (unpaired) electrons. The van der Waals surface area contributed by atoms with Crippen LogP contribution in [0.1, 0.15) is 27.9 Å². The molecule has 0 fully saturated rings. The molecule has 4 nitrogen and oxygen atoms in total. The Morgan fingerprint density at radius 2 is 1.80 bits per heavy atom. The Labute approximate surface area is 162 Å². The lowest BCUT2D eigenvalue weighted by atomic mass is 10.1. The van der Waals surface area contributed by atoms with Crippen molar-refractivity contribution in [2.45, 2.75) is 19.9 Å². The number of benzene rings is 2. The first-order chi connectivity index (χ1) is 11.1. The summed E-state index contributed by atoms with van der Waals surface area (Å²) in [5, 5.41) is 2.97. The number of halogens is 2. The lowest BCUT2D eigenvalue weighted by Gasteiger charge is -2.17. The van der Waals surface area contributed by atoms with E-state index in [1.54, 1.807) is 6.07 Å². The predicted molar refractivity (Wildman–Crippen MR) is 110 cm³/mol. The van der Waals surface area contributed by atoms with E-state index in [0.717, 1.165) is 25.1 Å². The Balaban J connectivity index is 0.00000288. The summed E-state index contributed by atoms with van der Waals surface area (Å²) in [5.41, 5.74) is 9.26. The van der Waals surface area contributed by atoms with E-state index >= 15 is 0 Å². The number of hydrogen-bond acceptors (Lipinski definition) is 3. The van der Waals surface area contributed by atoms with Gasteiger partial charge in [-0.15, -0.1) is 24.8 Å². The van der Waals surface area contributed by atoms with Crippen molar-refractivity contribution in [2.24, 2.45) is 0 Å². The summed E-state index contributed by atoms with van der Waals surface area (Å²) in [6.07, 6.45) is 0.913. The Morgan fingerprint density at radius 3 is 2.48 bits per heavy atom. The summed E-state index contributed by atoms with van der Waals surface area (Å²) in [6.45, 7) is 4.43. The number of hydrogen-bond donors (Lipinski definition) is 2. The molecule has 0 saturated heterocycles. The molecular weight excluding hydrogens is 357 g/mol. The average Bonchev–Trinajstić information content (AvgIpc) is 2.54. The van der Waals surface area contributed by atoms with Crippen LogP contribution in [0.4, 0.5) is 5.69 Å². The molecule has 138 valence electrons. The summed E-state index contributed by atoms with van der Waals surface area (Å²) in [4.78, 5) is 14.4. The van der Waals surface area contributed by atoms with E-state index in [-0.39, 0.29) is 30.7 Å². The number of amides is 1. The minimum atomic E-state index is -0.0551. The van der Waals surface area contributed by atoms with Crippen LogP contribution in [-0.4, -0.2) is 30.9 Å². The van der Waals surface area contributed by atoms with Gasteiger partial charge in [0, 0.05) is 24.3 Å². The van der Waals surface area contributed by atoms with Gasteiger partial charge in [-0.3, -0.25) is 4.79 Å². The highest BCUT2D eigenvalue weighted by atomic mass is 35.5. The molecule has 0 spiro atoms. The zero-order valence-corrected chi connectivity index (χ0v) is 16.3. The Hall–Kier alpha value is -1.75. The third kappa shape index (κ3) is 7.78. The van der Waals surface area contributed by atoms with Crippen LogP contribution in [-0.2, 0) is 6.54 Å². The van der Waals surface area contributed by atoms with E-state index < -0.39 is 0 Å². The van der Waals surface area contributed by atoms with E-state index in [9.17, 15) is 4.79 Å². The lowest BCUT2D eigenvalue weighted by molar-refractivity contribution is 0.0951. The van der Waals surface area contributed by atoms with E-state index in [1.165, 1.54) is 5.56 Å². The number of nitrogens with one attached hydrogen (secondary N) is 1. The summed E-state index contributed by atoms with van der Waals surface area (Å²) in [5.74, 6) is -0.0551. The second-order valence-corrected chi connectivity index (χ2v) is 5.91. The third-order valence-electron chi connectivity index (χ3n) is 3.80. The first-order valence-electron chi connectivity index (χ1n) is 7.93. The molecule has 2 aromatic rings. The molecule has 25 heavy (non-hydrogen) atoms. The van der Waals surface area contributed by atoms with Crippen LogP contribution in [0.15, 0.2) is 48.5 Å². The average molecular weight is 384 g/mol. The number of carbonyl (C=O) groups excluding carboxylic acids is 1. The van der Waals surface area contributed by atoms with Crippen LogP contribution in [0.2, 0.25) is 0 Å². The molecule has 0 unspecified atom stereocenters. The topological polar surface area (TPSA) is 58.4 Å². The highest BCUT2D eigenvalue weighted by Crippen LogP contribution is 2.12. The van der Waals surface area contributed by atoms with Crippen molar-refractivity contribution in [1.29, 1.82) is 0 Å². The zero-order valence-electron chi connectivity index (χ0n) is 14.7. The predicted octanol–water partition coefficient (Wildman–Crippen LogP) is 3.67. The number of nitrogen functional groups attached to an aromatic ring is 1. The number of aryl methyl sites for hydroxylation is 1. The summed E-state index contributed by atoms with van der Waals surface area (Å²) >= 11 is 0. The normalized spacial score (nSPS) is 9.88. The van der Waals surface area contributed by atoms with Gasteiger partial charge >= 0.3 is 0 Å². The first-order valence-corrected chi connectivity index (χ1v) is 7.93. The van der Waals surface area contributed by atoms with Gasteiger partial charge in [0.2, 0.25) is 0 Å². The number of nitrogens with zero attached hydrogens (tertiary/aromatic N) is 1. The molecule has 0 bridgehead atoms. The van der Waals surface area contributed by atoms with E-state index in [2.05, 4.69) is 41.5 Å². The van der Waals surface area contributed by atoms with Crippen LogP contribution < -0.4 is 11.1 Å². The highest BCUT2D eigenvalue weighted by Gasteiger charge is 2.08. The Kier molecular flexibility index (Phi) is 10.9. The molecule has 1 amide bonds. The van der Waals surface area contributed by atoms with Gasteiger partial charge in [0.25, 0.3) is 5.91 Å². The Bertz CT molecular complexity index is 650. The molecule has 6 heteroatoms. The quantitative estimate of drug-likeness (QED) is 0.566. The van der Waals surface area contributed by atoms with Crippen LogP contribution in [0, 0.1) is 6.92 Å². The van der Waals surface area contributed by atoms with Crippen molar-refractivity contribution in [3.63, 3.8) is 0 Å². The van der Waals surface area contributed by atoms with Crippen molar-refractivity contribution >= 4 is 36.4 Å². The molecule has 2 aromatic carbocycles. The third-order valence-corrected chi connectivity index (χ3v) is 3.80. The van der Waals surface area contributed by atoms with Crippen LogP contribution >= 0.6 is 24.8 Å². The monoisotopic (exact) mass is 383 g/mol. The fourth-order valence-corrected chi connectivity index (χ4v) is 2.50. The molecule has 0 atom stereocenters. The number of anilines is 1. The first kappa shape index (κ1) is 23.2. The molecule has 0 aliphatic heterocycles. The fourth-order valence-electron chi connectivity index (χ4n) is 2.50. The number of rotatable bonds is 7. The van der Waals surface area contributed by atoms with Crippen LogP contribution in [0.25, 0.3) is 0 Å². The van der Waals surface area contributed by atoms with Gasteiger partial charge in [-0.1, -0.05) is 36.4 Å². The SMILES string of the molecule is Cc1ccc(N)cc1C(=O)NCCCN(C)Cc1ccccc1.Cl.Cl. The van der Waals surface area contributed by atoms with Gasteiger partial charge in [-0.05, 0) is 50.2 Å². The summed E-state index contributed by atoms with van der Waals surface area (Å²) < 4.78 is 0. The highest BCUT2D eigenvalue weighted by molar-refractivity contribution is 5.96. The van der Waals surface area contributed by atoms with E-state index in [0.29, 0.717) is 17.8 Å². The van der Waals surface area contributed by atoms with Crippen molar-refractivity contribution in [2.75, 3.05) is 25.9 Å². The standard InChI is InChI=1S/C19H25N3O.2ClH/c1-15-9-10-17(20)13-18(15)19(23)21-11-6-12-22(2)14-16-7-4-3-5-8-16;;/h3-5,7-10,13H,6,11-12,14,20H2,1-2H3,(H,21,23);2*1H. The lowest BCUT2D eigenvalue weighted by Crippen LogP contribution is -2.28. The summed E-state index contributed by atoms with van der Waals surface area (Å²) in [6, 6.07) is 15.8. The molecular formula is C19H27Cl2N3O. The molecule has 0 aromatic heterocycles. The largest absolute Gasteiger partial charge is 0.399 e. The minimum Gasteiger partial charge on any atom is -0.399 e. The van der Waals surface area contributed by atoms with Gasteiger partial charge in [0.15, 0.2) is 0 Å². The van der Waals surface area contributed by atoms with Gasteiger partial charge in [-0.2, -0.15) is 0 Å². The molecule has 0 aliphatic carbocycles. The maximum absolute atomic E-state index is 12.2. The van der Waals surface area contributed by atoms with Crippen molar-refractivity contribution in [3.8, 4) is 0 Å². The zero-order chi connectivity index (χ0) is 16.7. The second-order valence-electron chi connectivity index (χ2n) is 5.91. The van der Waals surface area contributed by atoms with E-state index in [1.807, 2.05) is 25.1 Å². The van der Waals surface area contributed by atoms with Gasteiger partial charge in [0.05, 0.1) is 0 Å². The van der Waals surface area contributed by atoms with Crippen molar-refractivity contribution in [3.05, 3.63) is 65.2 Å². The van der Waals surface area contributed by atoms with Gasteiger partial charge < -0.3 is 16.0 Å². The van der Waals surface area contributed by atoms with Gasteiger partial charge in [-0.25, -0.2) is 0 Å². The number of carbonyl (C=O) groups is 1. The molecule has 0 heterocycles. The van der Waals surface area contributed by atoms with Crippen molar-refractivity contribution in [1.82, 2.24) is 10.2 Å². The van der Waals surface area contributed by atoms with Crippen LogP contribution in [0.5, 0.6) is 0 Å². The van der Waals surface area contributed by atoms with E-state index in [4.69, 9.17) is 5.73 Å². The molecule has 0 saturated carbocycles. The molecule has 0 aliphatic rings. The molecule has 3 N–H and O–H groups in total. The second kappa shape index (κ2) is 11.7. The number of nitrogens with two attached hydrogens (primary N) is 1. The fraction of sp³-hybridized carbons (Fsp3) is 0.316. The summed E-state index contributed by atoms with van der Waals surface area (Å²) in [7, 11) is 2.09. The van der Waals surface area contributed by atoms with Crippen molar-refractivity contribution < 1.29 is 4.79 Å². The maximum atomic E-state index is 12.2. The smallest absolute Gasteiger partial charge is 0.251 e. The Morgan fingerprint density at radius 1 is 1.12 bits per heavy atom.